The molecule has 0 N–H and O–H groups in total. The Morgan fingerprint density at radius 3 is 2.53 bits per heavy atom. The summed E-state index contributed by atoms with van der Waals surface area (Å²) in [6.45, 7) is 2.11. The maximum atomic E-state index is 14.5. The van der Waals surface area contributed by atoms with Crippen LogP contribution in [0, 0.1) is 17.1 Å². The molecular weight excluding hydrogens is 385 g/mol. The van der Waals surface area contributed by atoms with Crippen LogP contribution in [-0.2, 0) is 11.3 Å². The third kappa shape index (κ3) is 4.67. The molecular formula is C23H18FN3O3. The fourth-order valence-electron chi connectivity index (χ4n) is 2.85. The van der Waals surface area contributed by atoms with Crippen LogP contribution in [0.4, 0.5) is 10.1 Å². The third-order valence-corrected chi connectivity index (χ3v) is 4.33. The number of nitriles is 1. The average molecular weight is 403 g/mol. The zero-order valence-electron chi connectivity index (χ0n) is 16.2. The molecule has 0 atom stereocenters. The van der Waals surface area contributed by atoms with Gasteiger partial charge in [-0.2, -0.15) is 5.26 Å². The van der Waals surface area contributed by atoms with Gasteiger partial charge in [-0.1, -0.05) is 6.07 Å². The molecule has 3 aromatic rings. The van der Waals surface area contributed by atoms with E-state index in [9.17, 15) is 14.0 Å². The lowest BCUT2D eigenvalue weighted by Gasteiger charge is -2.23. The number of rotatable bonds is 6. The van der Waals surface area contributed by atoms with Gasteiger partial charge in [-0.25, -0.2) is 9.18 Å². The minimum absolute atomic E-state index is 0.127. The molecule has 1 heterocycles. The Bertz CT molecular complexity index is 1090. The number of amides is 1. The van der Waals surface area contributed by atoms with Crippen molar-refractivity contribution >= 4 is 17.6 Å². The number of anilines is 1. The molecule has 0 radical (unpaired) electrons. The van der Waals surface area contributed by atoms with Crippen LogP contribution in [0.5, 0.6) is 0 Å². The topological polar surface area (TPSA) is 83.3 Å². The van der Waals surface area contributed by atoms with E-state index in [1.807, 2.05) is 6.07 Å². The smallest absolute Gasteiger partial charge is 0.338 e. The van der Waals surface area contributed by atoms with Gasteiger partial charge >= 0.3 is 5.97 Å². The van der Waals surface area contributed by atoms with Gasteiger partial charge in [0.15, 0.2) is 0 Å². The Hall–Kier alpha value is -4.05. The van der Waals surface area contributed by atoms with Gasteiger partial charge in [-0.05, 0) is 61.0 Å². The van der Waals surface area contributed by atoms with E-state index in [1.54, 1.807) is 55.7 Å². The summed E-state index contributed by atoms with van der Waals surface area (Å²) < 4.78 is 19.5. The molecule has 6 nitrogen and oxygen atoms in total. The zero-order chi connectivity index (χ0) is 21.5. The van der Waals surface area contributed by atoms with Crippen LogP contribution in [-0.4, -0.2) is 23.5 Å². The van der Waals surface area contributed by atoms with E-state index in [2.05, 4.69) is 4.98 Å². The Balaban J connectivity index is 1.97. The number of hydrogen-bond acceptors (Lipinski definition) is 5. The standard InChI is InChI=1S/C23H18FN3O3/c1-2-30-23(29)18-6-8-19(9-7-18)27(15-17-4-3-11-26-14-17)22(28)20-10-5-16(13-25)12-21(20)24/h3-12,14H,2,15H2,1H3. The Kier molecular flexibility index (Phi) is 6.50. The van der Waals surface area contributed by atoms with Gasteiger partial charge in [0, 0.05) is 18.1 Å². The fourth-order valence-corrected chi connectivity index (χ4v) is 2.85. The molecule has 7 heteroatoms. The van der Waals surface area contributed by atoms with E-state index < -0.39 is 17.7 Å². The molecule has 1 amide bonds. The molecule has 0 unspecified atom stereocenters. The number of esters is 1. The molecule has 30 heavy (non-hydrogen) atoms. The van der Waals surface area contributed by atoms with Crippen molar-refractivity contribution in [3.63, 3.8) is 0 Å². The first-order valence-electron chi connectivity index (χ1n) is 9.21. The summed E-state index contributed by atoms with van der Waals surface area (Å²) in [7, 11) is 0. The van der Waals surface area contributed by atoms with Gasteiger partial charge in [-0.15, -0.1) is 0 Å². The van der Waals surface area contributed by atoms with Crippen molar-refractivity contribution in [3.8, 4) is 6.07 Å². The minimum Gasteiger partial charge on any atom is -0.462 e. The SMILES string of the molecule is CCOC(=O)c1ccc(N(Cc2cccnc2)C(=O)c2ccc(C#N)cc2F)cc1. The van der Waals surface area contributed by atoms with Crippen molar-refractivity contribution < 1.29 is 18.7 Å². The Morgan fingerprint density at radius 2 is 1.93 bits per heavy atom. The molecule has 0 aliphatic carbocycles. The first kappa shape index (κ1) is 20.7. The number of ether oxygens (including phenoxy) is 1. The molecule has 0 saturated heterocycles. The van der Waals surface area contributed by atoms with Crippen molar-refractivity contribution in [2.75, 3.05) is 11.5 Å². The molecule has 0 saturated carbocycles. The van der Waals surface area contributed by atoms with Gasteiger partial charge in [-0.3, -0.25) is 9.78 Å². The molecule has 1 aromatic heterocycles. The molecule has 2 aromatic carbocycles. The quantitative estimate of drug-likeness (QED) is 0.578. The van der Waals surface area contributed by atoms with Crippen LogP contribution in [0.25, 0.3) is 0 Å². The number of halogens is 1. The highest BCUT2D eigenvalue weighted by Gasteiger charge is 2.22. The highest BCUT2D eigenvalue weighted by atomic mass is 19.1. The molecule has 3 rings (SSSR count). The molecule has 0 fully saturated rings. The van der Waals surface area contributed by atoms with E-state index in [1.165, 1.54) is 17.0 Å². The number of aromatic nitrogens is 1. The van der Waals surface area contributed by atoms with Crippen LogP contribution in [0.3, 0.4) is 0 Å². The lowest BCUT2D eigenvalue weighted by atomic mass is 10.1. The van der Waals surface area contributed by atoms with Crippen LogP contribution in [0.2, 0.25) is 0 Å². The highest BCUT2D eigenvalue weighted by Crippen LogP contribution is 2.23. The zero-order valence-corrected chi connectivity index (χ0v) is 16.2. The Labute approximate surface area is 173 Å². The van der Waals surface area contributed by atoms with Crippen LogP contribution in [0.15, 0.2) is 67.0 Å². The summed E-state index contributed by atoms with van der Waals surface area (Å²) in [6.07, 6.45) is 3.23. The average Bonchev–Trinajstić information content (AvgIpc) is 2.78. The summed E-state index contributed by atoms with van der Waals surface area (Å²) >= 11 is 0. The van der Waals surface area contributed by atoms with Crippen molar-refractivity contribution in [3.05, 3.63) is 95.1 Å². The normalized spacial score (nSPS) is 10.2. The van der Waals surface area contributed by atoms with Crippen molar-refractivity contribution in [2.24, 2.45) is 0 Å². The fraction of sp³-hybridized carbons (Fsp3) is 0.130. The molecule has 150 valence electrons. The lowest BCUT2D eigenvalue weighted by Crippen LogP contribution is -2.31. The second kappa shape index (κ2) is 9.43. The predicted molar refractivity (Wildman–Crippen MR) is 108 cm³/mol. The number of benzene rings is 2. The van der Waals surface area contributed by atoms with Crippen LogP contribution < -0.4 is 4.90 Å². The van der Waals surface area contributed by atoms with Gasteiger partial charge in [0.1, 0.15) is 5.82 Å². The molecule has 0 aliphatic heterocycles. The number of carbonyl (C=O) groups excluding carboxylic acids is 2. The van der Waals surface area contributed by atoms with E-state index in [0.29, 0.717) is 11.3 Å². The van der Waals surface area contributed by atoms with Crippen molar-refractivity contribution in [1.82, 2.24) is 4.98 Å². The summed E-state index contributed by atoms with van der Waals surface area (Å²) in [4.78, 5) is 30.5. The maximum absolute atomic E-state index is 14.5. The first-order valence-corrected chi connectivity index (χ1v) is 9.21. The van der Waals surface area contributed by atoms with Crippen molar-refractivity contribution in [1.29, 1.82) is 5.26 Å². The van der Waals surface area contributed by atoms with Gasteiger partial charge < -0.3 is 9.64 Å². The predicted octanol–water partition coefficient (Wildman–Crippen LogP) is 4.12. The van der Waals surface area contributed by atoms with Crippen LogP contribution in [0.1, 0.15) is 38.8 Å². The highest BCUT2D eigenvalue weighted by molar-refractivity contribution is 6.06. The summed E-state index contributed by atoms with van der Waals surface area (Å²) in [5, 5.41) is 8.93. The summed E-state index contributed by atoms with van der Waals surface area (Å²) in [6, 6.07) is 15.4. The summed E-state index contributed by atoms with van der Waals surface area (Å²) in [5.74, 6) is -1.82. The molecule has 0 bridgehead atoms. The minimum atomic E-state index is -0.779. The van der Waals surface area contributed by atoms with Crippen molar-refractivity contribution in [2.45, 2.75) is 13.5 Å². The Morgan fingerprint density at radius 1 is 1.17 bits per heavy atom. The second-order valence-electron chi connectivity index (χ2n) is 6.33. The summed E-state index contributed by atoms with van der Waals surface area (Å²) in [5.41, 5.74) is 1.53. The number of pyridine rings is 1. The largest absolute Gasteiger partial charge is 0.462 e. The first-order chi connectivity index (χ1) is 14.5. The van der Waals surface area contributed by atoms with E-state index in [4.69, 9.17) is 10.00 Å². The number of hydrogen-bond donors (Lipinski definition) is 0. The van der Waals surface area contributed by atoms with E-state index in [0.717, 1.165) is 11.6 Å². The number of nitrogens with zero attached hydrogens (tertiary/aromatic N) is 3. The van der Waals surface area contributed by atoms with Gasteiger partial charge in [0.05, 0.1) is 35.9 Å². The molecule has 0 aliphatic rings. The van der Waals surface area contributed by atoms with E-state index >= 15 is 0 Å². The van der Waals surface area contributed by atoms with E-state index in [-0.39, 0.29) is 24.3 Å². The van der Waals surface area contributed by atoms with Gasteiger partial charge in [0.2, 0.25) is 0 Å². The van der Waals surface area contributed by atoms with Gasteiger partial charge in [0.25, 0.3) is 5.91 Å². The monoisotopic (exact) mass is 403 g/mol. The molecule has 0 spiro atoms. The number of carbonyl (C=O) groups is 2. The maximum Gasteiger partial charge on any atom is 0.338 e. The third-order valence-electron chi connectivity index (χ3n) is 4.33. The van der Waals surface area contributed by atoms with Crippen LogP contribution >= 0.6 is 0 Å². The lowest BCUT2D eigenvalue weighted by molar-refractivity contribution is 0.0526. The second-order valence-corrected chi connectivity index (χ2v) is 6.33.